The molecule has 1 fully saturated rings. The van der Waals surface area contributed by atoms with Crippen LogP contribution in [0.1, 0.15) is 49.3 Å². The zero-order chi connectivity index (χ0) is 15.0. The van der Waals surface area contributed by atoms with Gasteiger partial charge in [0.25, 0.3) is 0 Å². The van der Waals surface area contributed by atoms with Gasteiger partial charge in [0, 0.05) is 11.3 Å². The highest BCUT2D eigenvalue weighted by Gasteiger charge is 2.37. The zero-order valence-corrected chi connectivity index (χ0v) is 11.5. The third-order valence-corrected chi connectivity index (χ3v) is 4.13. The van der Waals surface area contributed by atoms with Gasteiger partial charge < -0.3 is 5.11 Å². The number of aromatic nitrogens is 1. The van der Waals surface area contributed by atoms with E-state index in [9.17, 15) is 18.3 Å². The highest BCUT2D eigenvalue weighted by molar-refractivity contribution is 5.81. The lowest BCUT2D eigenvalue weighted by Crippen LogP contribution is -2.16. The van der Waals surface area contributed by atoms with Gasteiger partial charge in [0.15, 0.2) is 0 Å². The van der Waals surface area contributed by atoms with Gasteiger partial charge in [0.05, 0.1) is 16.8 Å². The number of halogens is 3. The van der Waals surface area contributed by atoms with E-state index in [0.717, 1.165) is 38.2 Å². The van der Waals surface area contributed by atoms with Crippen molar-refractivity contribution in [3.63, 3.8) is 0 Å². The van der Waals surface area contributed by atoms with Crippen molar-refractivity contribution in [3.05, 3.63) is 35.5 Å². The molecule has 2 aromatic rings. The van der Waals surface area contributed by atoms with Gasteiger partial charge in [-0.15, -0.1) is 0 Å². The van der Waals surface area contributed by atoms with Crippen molar-refractivity contribution in [3.8, 4) is 5.75 Å². The lowest BCUT2D eigenvalue weighted by molar-refractivity contribution is -0.138. The fraction of sp³-hybridized carbons (Fsp3) is 0.438. The molecule has 1 heterocycles. The first kappa shape index (κ1) is 14.2. The minimum absolute atomic E-state index is 0.0529. The molecule has 2 nitrogen and oxygen atoms in total. The molecule has 1 aromatic carbocycles. The fourth-order valence-corrected chi connectivity index (χ4v) is 3.09. The number of rotatable bonds is 1. The molecule has 1 N–H and O–H groups in total. The number of fused-ring (bicyclic) bond motifs is 1. The molecule has 1 saturated carbocycles. The molecule has 0 radical (unpaired) electrons. The van der Waals surface area contributed by atoms with E-state index in [0.29, 0.717) is 10.9 Å². The first-order valence-electron chi connectivity index (χ1n) is 7.16. The number of nitrogens with zero attached hydrogens (tertiary/aromatic N) is 1. The summed E-state index contributed by atoms with van der Waals surface area (Å²) >= 11 is 0. The summed E-state index contributed by atoms with van der Waals surface area (Å²) in [5, 5.41) is 9.75. The monoisotopic (exact) mass is 295 g/mol. The number of alkyl halides is 3. The van der Waals surface area contributed by atoms with Crippen LogP contribution in [0.2, 0.25) is 0 Å². The van der Waals surface area contributed by atoms with Crippen LogP contribution in [0, 0.1) is 0 Å². The smallest absolute Gasteiger partial charge is 0.418 e. The molecule has 0 unspecified atom stereocenters. The van der Waals surface area contributed by atoms with Crippen molar-refractivity contribution >= 4 is 10.9 Å². The number of hydrogen-bond donors (Lipinski definition) is 1. The predicted octanol–water partition coefficient (Wildman–Crippen LogP) is 5.01. The molecule has 1 aliphatic carbocycles. The summed E-state index contributed by atoms with van der Waals surface area (Å²) in [6.45, 7) is 0. The van der Waals surface area contributed by atoms with Crippen LogP contribution in [0.15, 0.2) is 24.3 Å². The van der Waals surface area contributed by atoms with Crippen molar-refractivity contribution in [2.24, 2.45) is 0 Å². The van der Waals surface area contributed by atoms with E-state index in [4.69, 9.17) is 0 Å². The predicted molar refractivity (Wildman–Crippen MR) is 74.2 cm³/mol. The van der Waals surface area contributed by atoms with Crippen LogP contribution in [-0.4, -0.2) is 10.1 Å². The van der Waals surface area contributed by atoms with E-state index in [-0.39, 0.29) is 17.4 Å². The maximum Gasteiger partial charge on any atom is 0.418 e. The molecule has 21 heavy (non-hydrogen) atoms. The normalized spacial score (nSPS) is 17.3. The lowest BCUT2D eigenvalue weighted by atomic mass is 9.84. The molecule has 5 heteroatoms. The third-order valence-electron chi connectivity index (χ3n) is 4.13. The summed E-state index contributed by atoms with van der Waals surface area (Å²) in [6.07, 6.45) is 0.104. The summed E-state index contributed by atoms with van der Waals surface area (Å²) in [4.78, 5) is 4.28. The molecule has 1 aromatic heterocycles. The number of phenolic OH excluding ortho intramolecular Hbond substituents is 1. The number of aromatic hydroxyl groups is 1. The second-order valence-electron chi connectivity index (χ2n) is 5.63. The minimum Gasteiger partial charge on any atom is -0.508 e. The summed E-state index contributed by atoms with van der Waals surface area (Å²) in [6, 6.07) is 5.46. The molecule has 0 atom stereocenters. The summed E-state index contributed by atoms with van der Waals surface area (Å²) in [5.41, 5.74) is 0.00858. The first-order valence-corrected chi connectivity index (χ1v) is 7.16. The number of hydrogen-bond acceptors (Lipinski definition) is 2. The third kappa shape index (κ3) is 2.82. The van der Waals surface area contributed by atoms with E-state index in [1.807, 2.05) is 0 Å². The van der Waals surface area contributed by atoms with E-state index < -0.39 is 11.7 Å². The van der Waals surface area contributed by atoms with Crippen molar-refractivity contribution in [2.75, 3.05) is 0 Å². The molecule has 0 spiro atoms. The fourth-order valence-electron chi connectivity index (χ4n) is 3.09. The molecule has 0 bridgehead atoms. The first-order chi connectivity index (χ1) is 9.95. The summed E-state index contributed by atoms with van der Waals surface area (Å²) in [5.74, 6) is -0.170. The molecule has 0 saturated heterocycles. The SMILES string of the molecule is Oc1ccc2nc(C3CCCCC3)c(C(F)(F)F)cc2c1. The summed E-state index contributed by atoms with van der Waals surface area (Å²) < 4.78 is 40.0. The van der Waals surface area contributed by atoms with E-state index >= 15 is 0 Å². The second-order valence-corrected chi connectivity index (χ2v) is 5.63. The highest BCUT2D eigenvalue weighted by atomic mass is 19.4. The Morgan fingerprint density at radius 1 is 1.05 bits per heavy atom. The van der Waals surface area contributed by atoms with Crippen LogP contribution in [0.3, 0.4) is 0 Å². The maximum atomic E-state index is 13.3. The zero-order valence-electron chi connectivity index (χ0n) is 11.5. The van der Waals surface area contributed by atoms with Gasteiger partial charge in [0.2, 0.25) is 0 Å². The van der Waals surface area contributed by atoms with E-state index in [2.05, 4.69) is 4.98 Å². The van der Waals surface area contributed by atoms with Crippen molar-refractivity contribution < 1.29 is 18.3 Å². The lowest BCUT2D eigenvalue weighted by Gasteiger charge is -2.24. The van der Waals surface area contributed by atoms with Gasteiger partial charge in [-0.1, -0.05) is 19.3 Å². The van der Waals surface area contributed by atoms with Gasteiger partial charge in [-0.2, -0.15) is 13.2 Å². The van der Waals surface area contributed by atoms with Crippen molar-refractivity contribution in [1.82, 2.24) is 4.98 Å². The van der Waals surface area contributed by atoms with Gasteiger partial charge in [0.1, 0.15) is 5.75 Å². The van der Waals surface area contributed by atoms with Crippen molar-refractivity contribution in [1.29, 1.82) is 0 Å². The Morgan fingerprint density at radius 3 is 2.43 bits per heavy atom. The molecule has 1 aliphatic rings. The second kappa shape index (κ2) is 5.20. The Kier molecular flexibility index (Phi) is 3.51. The summed E-state index contributed by atoms with van der Waals surface area (Å²) in [7, 11) is 0. The molecular formula is C16H16F3NO. The maximum absolute atomic E-state index is 13.3. The molecule has 3 rings (SSSR count). The standard InChI is InChI=1S/C16H16F3NO/c17-16(18,19)13-9-11-8-12(21)6-7-14(11)20-15(13)10-4-2-1-3-5-10/h6-10,21H,1-5H2. The van der Waals surface area contributed by atoms with Crippen LogP contribution >= 0.6 is 0 Å². The van der Waals surface area contributed by atoms with Crippen LogP contribution in [0.4, 0.5) is 13.2 Å². The average Bonchev–Trinajstić information content (AvgIpc) is 2.46. The average molecular weight is 295 g/mol. The van der Waals surface area contributed by atoms with Gasteiger partial charge >= 0.3 is 6.18 Å². The molecular weight excluding hydrogens is 279 g/mol. The van der Waals surface area contributed by atoms with Crippen molar-refractivity contribution in [2.45, 2.75) is 44.2 Å². The highest BCUT2D eigenvalue weighted by Crippen LogP contribution is 2.41. The number of benzene rings is 1. The number of phenols is 1. The molecule has 112 valence electrons. The van der Waals surface area contributed by atoms with Crippen LogP contribution in [0.5, 0.6) is 5.75 Å². The Hall–Kier alpha value is -1.78. The quantitative estimate of drug-likeness (QED) is 0.802. The topological polar surface area (TPSA) is 33.1 Å². The molecule has 0 amide bonds. The van der Waals surface area contributed by atoms with Crippen LogP contribution in [-0.2, 0) is 6.18 Å². The Morgan fingerprint density at radius 2 is 1.76 bits per heavy atom. The largest absolute Gasteiger partial charge is 0.508 e. The Balaban J connectivity index is 2.17. The van der Waals surface area contributed by atoms with Gasteiger partial charge in [-0.05, 0) is 37.1 Å². The van der Waals surface area contributed by atoms with Crippen LogP contribution in [0.25, 0.3) is 10.9 Å². The Labute approximate surface area is 120 Å². The Bertz CT molecular complexity index is 660. The molecule has 0 aliphatic heterocycles. The van der Waals surface area contributed by atoms with Crippen LogP contribution < -0.4 is 0 Å². The number of pyridine rings is 1. The minimum atomic E-state index is -4.42. The van der Waals surface area contributed by atoms with E-state index in [1.54, 1.807) is 6.07 Å². The van der Waals surface area contributed by atoms with E-state index in [1.165, 1.54) is 12.1 Å². The van der Waals surface area contributed by atoms with Gasteiger partial charge in [-0.25, -0.2) is 0 Å². The van der Waals surface area contributed by atoms with Gasteiger partial charge in [-0.3, -0.25) is 4.98 Å².